The van der Waals surface area contributed by atoms with Crippen molar-refractivity contribution in [1.29, 1.82) is 0 Å². The Morgan fingerprint density at radius 3 is 2.82 bits per heavy atom. The van der Waals surface area contributed by atoms with Crippen molar-refractivity contribution < 1.29 is 5.11 Å². The van der Waals surface area contributed by atoms with Crippen LogP contribution in [0.15, 0.2) is 35.0 Å². The first-order valence-electron chi connectivity index (χ1n) is 5.06. The molecule has 2 N–H and O–H groups in total. The van der Waals surface area contributed by atoms with Crippen LogP contribution in [0.1, 0.15) is 11.7 Å². The second kappa shape index (κ2) is 5.74. The van der Waals surface area contributed by atoms with Crippen molar-refractivity contribution in [2.75, 3.05) is 11.9 Å². The first-order valence-corrected chi connectivity index (χ1v) is 6.76. The average Bonchev–Trinajstić information content (AvgIpc) is 2.82. The molecule has 0 bridgehead atoms. The fourth-order valence-corrected chi connectivity index (χ4v) is 2.50. The van der Waals surface area contributed by atoms with Gasteiger partial charge in [-0.05, 0) is 29.6 Å². The Hall–Kier alpha value is -0.740. The van der Waals surface area contributed by atoms with E-state index in [2.05, 4.69) is 5.32 Å². The van der Waals surface area contributed by atoms with Gasteiger partial charge in [0.2, 0.25) is 0 Å². The molecule has 1 aromatic heterocycles. The van der Waals surface area contributed by atoms with Crippen molar-refractivity contribution in [3.8, 4) is 0 Å². The number of thiophene rings is 1. The first-order chi connectivity index (χ1) is 8.16. The van der Waals surface area contributed by atoms with Crippen LogP contribution >= 0.6 is 34.5 Å². The molecule has 1 unspecified atom stereocenters. The normalized spacial score (nSPS) is 12.4. The van der Waals surface area contributed by atoms with Crippen molar-refractivity contribution in [3.05, 3.63) is 50.6 Å². The predicted molar refractivity (Wildman–Crippen MR) is 74.2 cm³/mol. The number of rotatable bonds is 4. The third-order valence-electron chi connectivity index (χ3n) is 2.34. The maximum absolute atomic E-state index is 10.0. The van der Waals surface area contributed by atoms with Gasteiger partial charge in [-0.1, -0.05) is 23.2 Å². The van der Waals surface area contributed by atoms with Crippen molar-refractivity contribution in [2.24, 2.45) is 0 Å². The number of aliphatic hydroxyl groups is 1. The molecule has 5 heteroatoms. The standard InChI is InChI=1S/C12H11Cl2NOS/c13-8-1-2-11(14)10(5-8)12(16)6-15-9-3-4-17-7-9/h1-5,7,12,15-16H,6H2. The lowest BCUT2D eigenvalue weighted by atomic mass is 10.1. The molecular weight excluding hydrogens is 277 g/mol. The van der Waals surface area contributed by atoms with Crippen LogP contribution in [0.5, 0.6) is 0 Å². The minimum Gasteiger partial charge on any atom is -0.387 e. The molecule has 0 aliphatic carbocycles. The van der Waals surface area contributed by atoms with Gasteiger partial charge in [0.25, 0.3) is 0 Å². The van der Waals surface area contributed by atoms with Gasteiger partial charge in [0.15, 0.2) is 0 Å². The van der Waals surface area contributed by atoms with Crippen molar-refractivity contribution in [2.45, 2.75) is 6.10 Å². The summed E-state index contributed by atoms with van der Waals surface area (Å²) < 4.78 is 0. The number of hydrogen-bond donors (Lipinski definition) is 2. The molecule has 2 rings (SSSR count). The lowest BCUT2D eigenvalue weighted by Crippen LogP contribution is -2.12. The Labute approximate surface area is 114 Å². The molecule has 0 saturated heterocycles. The highest BCUT2D eigenvalue weighted by Gasteiger charge is 2.12. The van der Waals surface area contributed by atoms with E-state index in [0.717, 1.165) is 5.69 Å². The molecule has 1 atom stereocenters. The SMILES string of the molecule is OC(CNc1ccsc1)c1cc(Cl)ccc1Cl. The summed E-state index contributed by atoms with van der Waals surface area (Å²) in [7, 11) is 0. The molecule has 1 aromatic carbocycles. The van der Waals surface area contributed by atoms with Gasteiger partial charge >= 0.3 is 0 Å². The van der Waals surface area contributed by atoms with Crippen LogP contribution in [0.4, 0.5) is 5.69 Å². The quantitative estimate of drug-likeness (QED) is 0.883. The van der Waals surface area contributed by atoms with Gasteiger partial charge < -0.3 is 10.4 Å². The monoisotopic (exact) mass is 287 g/mol. The Bertz CT molecular complexity index is 487. The minimum atomic E-state index is -0.680. The van der Waals surface area contributed by atoms with Gasteiger partial charge in [0.1, 0.15) is 0 Å². The summed E-state index contributed by atoms with van der Waals surface area (Å²) in [5, 5.41) is 18.2. The largest absolute Gasteiger partial charge is 0.387 e. The van der Waals surface area contributed by atoms with E-state index in [1.807, 2.05) is 16.8 Å². The summed E-state index contributed by atoms with van der Waals surface area (Å²) in [6.07, 6.45) is -0.680. The molecule has 0 aliphatic heterocycles. The molecule has 2 nitrogen and oxygen atoms in total. The number of aliphatic hydroxyl groups excluding tert-OH is 1. The van der Waals surface area contributed by atoms with Crippen LogP contribution in [-0.4, -0.2) is 11.7 Å². The first kappa shape index (κ1) is 12.7. The smallest absolute Gasteiger partial charge is 0.0977 e. The highest BCUT2D eigenvalue weighted by Crippen LogP contribution is 2.26. The summed E-state index contributed by atoms with van der Waals surface area (Å²) in [5.74, 6) is 0. The van der Waals surface area contributed by atoms with Gasteiger partial charge in [-0.3, -0.25) is 0 Å². The lowest BCUT2D eigenvalue weighted by Gasteiger charge is -2.14. The molecule has 90 valence electrons. The van der Waals surface area contributed by atoms with Gasteiger partial charge in [-0.15, -0.1) is 0 Å². The second-order valence-electron chi connectivity index (χ2n) is 3.57. The maximum atomic E-state index is 10.0. The van der Waals surface area contributed by atoms with Crippen LogP contribution in [0.3, 0.4) is 0 Å². The zero-order chi connectivity index (χ0) is 12.3. The molecule has 0 spiro atoms. The lowest BCUT2D eigenvalue weighted by molar-refractivity contribution is 0.192. The highest BCUT2D eigenvalue weighted by molar-refractivity contribution is 7.08. The van der Waals surface area contributed by atoms with Crippen LogP contribution in [0, 0.1) is 0 Å². The second-order valence-corrected chi connectivity index (χ2v) is 5.20. The van der Waals surface area contributed by atoms with Crippen LogP contribution in [0.25, 0.3) is 0 Å². The van der Waals surface area contributed by atoms with Crippen molar-refractivity contribution in [3.63, 3.8) is 0 Å². The number of nitrogens with one attached hydrogen (secondary N) is 1. The minimum absolute atomic E-state index is 0.400. The van der Waals surface area contributed by atoms with E-state index in [9.17, 15) is 5.11 Å². The summed E-state index contributed by atoms with van der Waals surface area (Å²) in [4.78, 5) is 0. The van der Waals surface area contributed by atoms with E-state index >= 15 is 0 Å². The van der Waals surface area contributed by atoms with Gasteiger partial charge in [-0.25, -0.2) is 0 Å². The maximum Gasteiger partial charge on any atom is 0.0977 e. The van der Waals surface area contributed by atoms with E-state index in [0.29, 0.717) is 22.2 Å². The molecule has 17 heavy (non-hydrogen) atoms. The van der Waals surface area contributed by atoms with Crippen LogP contribution in [-0.2, 0) is 0 Å². The van der Waals surface area contributed by atoms with Crippen molar-refractivity contribution in [1.82, 2.24) is 0 Å². The van der Waals surface area contributed by atoms with Gasteiger partial charge in [0.05, 0.1) is 6.10 Å². The summed E-state index contributed by atoms with van der Waals surface area (Å²) in [6, 6.07) is 7.03. The molecule has 0 radical (unpaired) electrons. The van der Waals surface area contributed by atoms with E-state index in [1.54, 1.807) is 29.5 Å². The predicted octanol–water partition coefficient (Wildman–Crippen LogP) is 4.20. The molecule has 0 saturated carbocycles. The van der Waals surface area contributed by atoms with Crippen LogP contribution < -0.4 is 5.32 Å². The molecule has 0 fully saturated rings. The van der Waals surface area contributed by atoms with E-state index < -0.39 is 6.10 Å². The van der Waals surface area contributed by atoms with Crippen LogP contribution in [0.2, 0.25) is 10.0 Å². The van der Waals surface area contributed by atoms with E-state index in [4.69, 9.17) is 23.2 Å². The van der Waals surface area contributed by atoms with Gasteiger partial charge in [0, 0.05) is 33.2 Å². The van der Waals surface area contributed by atoms with Gasteiger partial charge in [-0.2, -0.15) is 11.3 Å². The molecule has 0 amide bonds. The fraction of sp³-hybridized carbons (Fsp3) is 0.167. The van der Waals surface area contributed by atoms with E-state index in [-0.39, 0.29) is 0 Å². The van der Waals surface area contributed by atoms with Crippen molar-refractivity contribution >= 4 is 40.2 Å². The molecule has 2 aromatic rings. The van der Waals surface area contributed by atoms with E-state index in [1.165, 1.54) is 0 Å². The summed E-state index contributed by atoms with van der Waals surface area (Å²) in [5.41, 5.74) is 1.63. The Balaban J connectivity index is 2.04. The average molecular weight is 288 g/mol. The number of benzene rings is 1. The zero-order valence-corrected chi connectivity index (χ0v) is 11.2. The zero-order valence-electron chi connectivity index (χ0n) is 8.86. The Morgan fingerprint density at radius 2 is 2.12 bits per heavy atom. The molecule has 0 aliphatic rings. The molecule has 1 heterocycles. The number of hydrogen-bond acceptors (Lipinski definition) is 3. The Kier molecular flexibility index (Phi) is 4.29. The third kappa shape index (κ3) is 3.36. The highest BCUT2D eigenvalue weighted by atomic mass is 35.5. The summed E-state index contributed by atoms with van der Waals surface area (Å²) >= 11 is 13.5. The topological polar surface area (TPSA) is 32.3 Å². The fourth-order valence-electron chi connectivity index (χ4n) is 1.46. The third-order valence-corrected chi connectivity index (χ3v) is 3.60. The summed E-state index contributed by atoms with van der Waals surface area (Å²) in [6.45, 7) is 0.400. The Morgan fingerprint density at radius 1 is 1.29 bits per heavy atom. The number of halogens is 2. The molecular formula is C12H11Cl2NOS. The number of anilines is 1.